The minimum Gasteiger partial charge on any atom is -0.478 e. The van der Waals surface area contributed by atoms with Crippen LogP contribution in [-0.4, -0.2) is 15.6 Å². The fourth-order valence-electron chi connectivity index (χ4n) is 3.22. The van der Waals surface area contributed by atoms with Crippen molar-refractivity contribution in [2.24, 2.45) is 0 Å². The number of rotatable bonds is 4. The molecule has 0 amide bonds. The zero-order chi connectivity index (χ0) is 19.5. The number of fused-ring (bicyclic) bond motifs is 1. The Labute approximate surface area is 162 Å². The van der Waals surface area contributed by atoms with E-state index in [1.807, 2.05) is 77.5 Å². The monoisotopic (exact) mass is 364 g/mol. The number of nitrogens with zero attached hydrogens (tertiary/aromatic N) is 2. The van der Waals surface area contributed by atoms with Crippen molar-refractivity contribution in [3.05, 3.63) is 102 Å². The Kier molecular flexibility index (Phi) is 4.49. The van der Waals surface area contributed by atoms with E-state index in [-0.39, 0.29) is 5.56 Å². The summed E-state index contributed by atoms with van der Waals surface area (Å²) in [6.07, 6.45) is 3.67. The second-order valence-corrected chi connectivity index (χ2v) is 6.39. The number of benzene rings is 3. The molecule has 0 bridgehead atoms. The van der Waals surface area contributed by atoms with Gasteiger partial charge in [0.25, 0.3) is 0 Å². The van der Waals surface area contributed by atoms with Gasteiger partial charge in [-0.2, -0.15) is 5.26 Å². The molecule has 0 saturated heterocycles. The van der Waals surface area contributed by atoms with Crippen molar-refractivity contribution in [2.45, 2.75) is 0 Å². The zero-order valence-electron chi connectivity index (χ0n) is 14.9. The van der Waals surface area contributed by atoms with Gasteiger partial charge in [-0.25, -0.2) is 4.79 Å². The zero-order valence-corrected chi connectivity index (χ0v) is 14.9. The standard InChI is InChI=1S/C24H16N2O2/c25-16-21(19-11-10-17-5-1-2-6-18(17)13-19)15-23-9-4-12-26(23)22-8-3-7-20(14-22)24(27)28/h1-15H,(H,27,28)/b21-15-. The first-order chi connectivity index (χ1) is 13.7. The van der Waals surface area contributed by atoms with Crippen LogP contribution in [0, 0.1) is 11.3 Å². The largest absolute Gasteiger partial charge is 0.478 e. The Morgan fingerprint density at radius 1 is 0.893 bits per heavy atom. The lowest BCUT2D eigenvalue weighted by atomic mass is 10.0. The van der Waals surface area contributed by atoms with E-state index in [0.717, 1.165) is 27.7 Å². The fraction of sp³-hybridized carbons (Fsp3) is 0. The molecule has 4 rings (SSSR count). The molecule has 0 unspecified atom stereocenters. The van der Waals surface area contributed by atoms with Gasteiger partial charge >= 0.3 is 5.97 Å². The molecule has 1 heterocycles. The van der Waals surface area contributed by atoms with Crippen molar-refractivity contribution in [1.82, 2.24) is 4.57 Å². The molecular weight excluding hydrogens is 348 g/mol. The van der Waals surface area contributed by atoms with Crippen LogP contribution in [0.3, 0.4) is 0 Å². The Hall–Kier alpha value is -4.10. The van der Waals surface area contributed by atoms with E-state index in [1.165, 1.54) is 0 Å². The molecule has 1 N–H and O–H groups in total. The van der Waals surface area contributed by atoms with Gasteiger partial charge in [-0.3, -0.25) is 0 Å². The highest BCUT2D eigenvalue weighted by molar-refractivity contribution is 5.94. The van der Waals surface area contributed by atoms with E-state index in [4.69, 9.17) is 0 Å². The van der Waals surface area contributed by atoms with Gasteiger partial charge < -0.3 is 9.67 Å². The number of allylic oxidation sites excluding steroid dienone is 1. The van der Waals surface area contributed by atoms with Crippen LogP contribution in [-0.2, 0) is 0 Å². The topological polar surface area (TPSA) is 66.0 Å². The van der Waals surface area contributed by atoms with Crippen LogP contribution in [0.2, 0.25) is 0 Å². The molecule has 0 aliphatic rings. The Morgan fingerprint density at radius 2 is 1.71 bits per heavy atom. The lowest BCUT2D eigenvalue weighted by Gasteiger charge is -2.09. The van der Waals surface area contributed by atoms with Gasteiger partial charge in [0.1, 0.15) is 0 Å². The molecule has 1 aromatic heterocycles. The summed E-state index contributed by atoms with van der Waals surface area (Å²) in [5.74, 6) is -0.972. The third kappa shape index (κ3) is 3.29. The molecule has 0 fully saturated rings. The molecular formula is C24H16N2O2. The molecule has 0 saturated carbocycles. The summed E-state index contributed by atoms with van der Waals surface area (Å²) in [7, 11) is 0. The van der Waals surface area contributed by atoms with E-state index in [1.54, 1.807) is 18.2 Å². The summed E-state index contributed by atoms with van der Waals surface area (Å²) in [6.45, 7) is 0. The maximum Gasteiger partial charge on any atom is 0.335 e. The van der Waals surface area contributed by atoms with Crippen LogP contribution < -0.4 is 0 Å². The van der Waals surface area contributed by atoms with Gasteiger partial charge in [0.05, 0.1) is 17.2 Å². The first kappa shape index (κ1) is 17.3. The van der Waals surface area contributed by atoms with Gasteiger partial charge in [-0.05, 0) is 58.8 Å². The van der Waals surface area contributed by atoms with Crippen molar-refractivity contribution in [1.29, 1.82) is 5.26 Å². The van der Waals surface area contributed by atoms with Crippen molar-refractivity contribution in [3.63, 3.8) is 0 Å². The summed E-state index contributed by atoms with van der Waals surface area (Å²) in [6, 6.07) is 26.7. The summed E-state index contributed by atoms with van der Waals surface area (Å²) < 4.78 is 1.87. The van der Waals surface area contributed by atoms with Gasteiger partial charge in [0, 0.05) is 17.6 Å². The number of hydrogen-bond donors (Lipinski definition) is 1. The fourth-order valence-corrected chi connectivity index (χ4v) is 3.22. The van der Waals surface area contributed by atoms with E-state index in [9.17, 15) is 15.2 Å². The summed E-state index contributed by atoms with van der Waals surface area (Å²) in [5.41, 5.74) is 3.13. The minimum atomic E-state index is -0.972. The molecule has 4 nitrogen and oxygen atoms in total. The molecule has 0 spiro atoms. The van der Waals surface area contributed by atoms with Gasteiger partial charge in [-0.15, -0.1) is 0 Å². The molecule has 0 radical (unpaired) electrons. The number of nitriles is 1. The Balaban J connectivity index is 1.78. The predicted molar refractivity (Wildman–Crippen MR) is 110 cm³/mol. The summed E-state index contributed by atoms with van der Waals surface area (Å²) in [4.78, 5) is 11.3. The normalized spacial score (nSPS) is 11.3. The van der Waals surface area contributed by atoms with Crippen molar-refractivity contribution in [2.75, 3.05) is 0 Å². The number of carboxylic acid groups (broad SMARTS) is 1. The maximum absolute atomic E-state index is 11.3. The van der Waals surface area contributed by atoms with Crippen LogP contribution >= 0.6 is 0 Å². The second-order valence-electron chi connectivity index (χ2n) is 6.39. The van der Waals surface area contributed by atoms with Crippen molar-refractivity contribution < 1.29 is 9.90 Å². The number of aromatic nitrogens is 1. The molecule has 0 aliphatic carbocycles. The van der Waals surface area contributed by atoms with Gasteiger partial charge in [-0.1, -0.05) is 42.5 Å². The molecule has 0 aliphatic heterocycles. The van der Waals surface area contributed by atoms with Crippen LogP contribution in [0.1, 0.15) is 21.6 Å². The number of hydrogen-bond acceptors (Lipinski definition) is 2. The quantitative estimate of drug-likeness (QED) is 0.494. The minimum absolute atomic E-state index is 0.219. The first-order valence-corrected chi connectivity index (χ1v) is 8.78. The van der Waals surface area contributed by atoms with Crippen LogP contribution in [0.25, 0.3) is 28.1 Å². The molecule has 28 heavy (non-hydrogen) atoms. The number of aromatic carboxylic acids is 1. The summed E-state index contributed by atoms with van der Waals surface area (Å²) in [5, 5.41) is 21.2. The van der Waals surface area contributed by atoms with Crippen LogP contribution in [0.5, 0.6) is 0 Å². The maximum atomic E-state index is 11.3. The average molecular weight is 364 g/mol. The van der Waals surface area contributed by atoms with Crippen LogP contribution in [0.15, 0.2) is 85.1 Å². The molecule has 4 aromatic rings. The Morgan fingerprint density at radius 3 is 2.50 bits per heavy atom. The molecule has 134 valence electrons. The third-order valence-electron chi connectivity index (χ3n) is 4.62. The van der Waals surface area contributed by atoms with E-state index in [0.29, 0.717) is 5.57 Å². The molecule has 3 aromatic carbocycles. The highest BCUT2D eigenvalue weighted by Gasteiger charge is 2.08. The highest BCUT2D eigenvalue weighted by Crippen LogP contribution is 2.24. The SMILES string of the molecule is N#C/C(=C/c1cccn1-c1cccc(C(=O)O)c1)c1ccc2ccccc2c1. The lowest BCUT2D eigenvalue weighted by Crippen LogP contribution is -2.00. The predicted octanol–water partition coefficient (Wildman–Crippen LogP) is 5.39. The highest BCUT2D eigenvalue weighted by atomic mass is 16.4. The molecule has 4 heteroatoms. The van der Waals surface area contributed by atoms with E-state index in [2.05, 4.69) is 6.07 Å². The Bertz CT molecular complexity index is 1260. The second kappa shape index (κ2) is 7.26. The van der Waals surface area contributed by atoms with Crippen LogP contribution in [0.4, 0.5) is 0 Å². The number of carboxylic acids is 1. The van der Waals surface area contributed by atoms with Gasteiger partial charge in [0.2, 0.25) is 0 Å². The van der Waals surface area contributed by atoms with Gasteiger partial charge in [0.15, 0.2) is 0 Å². The third-order valence-corrected chi connectivity index (χ3v) is 4.62. The first-order valence-electron chi connectivity index (χ1n) is 8.78. The van der Waals surface area contributed by atoms with E-state index >= 15 is 0 Å². The summed E-state index contributed by atoms with van der Waals surface area (Å²) >= 11 is 0. The molecule has 0 atom stereocenters. The smallest absolute Gasteiger partial charge is 0.335 e. The van der Waals surface area contributed by atoms with Crippen molar-refractivity contribution >= 4 is 28.4 Å². The average Bonchev–Trinajstić information content (AvgIpc) is 3.20. The van der Waals surface area contributed by atoms with E-state index < -0.39 is 5.97 Å². The van der Waals surface area contributed by atoms with Crippen molar-refractivity contribution in [3.8, 4) is 11.8 Å². The lowest BCUT2D eigenvalue weighted by molar-refractivity contribution is 0.0697. The number of carbonyl (C=O) groups is 1.